The van der Waals surface area contributed by atoms with Crippen molar-refractivity contribution in [2.24, 2.45) is 0 Å². The second kappa shape index (κ2) is 5.11. The van der Waals surface area contributed by atoms with Crippen LogP contribution in [0.25, 0.3) is 0 Å². The molecular formula is C8H8NaO4. The number of phenols is 2. The molecule has 0 bridgehead atoms. The number of aliphatic carboxylic acids is 1. The monoisotopic (exact) mass is 191 g/mol. The number of carboxylic acids is 1. The molecule has 0 aliphatic carbocycles. The molecule has 0 amide bonds. The zero-order chi connectivity index (χ0) is 9.14. The number of rotatable bonds is 2. The van der Waals surface area contributed by atoms with Gasteiger partial charge in [0.25, 0.3) is 0 Å². The molecule has 1 rings (SSSR count). The third kappa shape index (κ3) is 3.67. The fraction of sp³-hybridized carbons (Fsp3) is 0.125. The summed E-state index contributed by atoms with van der Waals surface area (Å²) < 4.78 is 0. The molecule has 0 aliphatic rings. The minimum Gasteiger partial charge on any atom is -0.504 e. The number of aromatic hydroxyl groups is 2. The Labute approximate surface area is 97.1 Å². The van der Waals surface area contributed by atoms with Crippen molar-refractivity contribution in [2.75, 3.05) is 0 Å². The molecule has 0 saturated carbocycles. The van der Waals surface area contributed by atoms with Gasteiger partial charge < -0.3 is 15.3 Å². The SMILES string of the molecule is O=C(O)Cc1ccc(O)c(O)c1.[Na]. The smallest absolute Gasteiger partial charge is 0.307 e. The minimum atomic E-state index is -0.972. The Morgan fingerprint density at radius 1 is 1.23 bits per heavy atom. The van der Waals surface area contributed by atoms with Crippen molar-refractivity contribution in [3.05, 3.63) is 23.8 Å². The van der Waals surface area contributed by atoms with Crippen molar-refractivity contribution in [3.8, 4) is 11.5 Å². The van der Waals surface area contributed by atoms with E-state index in [0.717, 1.165) is 0 Å². The molecule has 0 atom stereocenters. The Bertz CT molecular complexity index is 311. The number of benzene rings is 1. The molecule has 0 fully saturated rings. The van der Waals surface area contributed by atoms with Crippen LogP contribution in [-0.2, 0) is 11.2 Å². The number of hydrogen-bond acceptors (Lipinski definition) is 3. The zero-order valence-electron chi connectivity index (χ0n) is 7.19. The average molecular weight is 191 g/mol. The number of phenolic OH excluding ortho intramolecular Hbond substituents is 2. The molecule has 0 saturated heterocycles. The first-order valence-electron chi connectivity index (χ1n) is 3.32. The maximum atomic E-state index is 10.2. The van der Waals surface area contributed by atoms with E-state index in [4.69, 9.17) is 15.3 Å². The van der Waals surface area contributed by atoms with Crippen LogP contribution in [-0.4, -0.2) is 50.8 Å². The van der Waals surface area contributed by atoms with Gasteiger partial charge in [-0.25, -0.2) is 0 Å². The van der Waals surface area contributed by atoms with Crippen LogP contribution in [0.15, 0.2) is 18.2 Å². The van der Waals surface area contributed by atoms with Crippen LogP contribution in [0.2, 0.25) is 0 Å². The van der Waals surface area contributed by atoms with E-state index in [0.29, 0.717) is 5.56 Å². The van der Waals surface area contributed by atoms with Crippen LogP contribution in [0.1, 0.15) is 5.56 Å². The molecule has 4 nitrogen and oxygen atoms in total. The summed E-state index contributed by atoms with van der Waals surface area (Å²) in [6.45, 7) is 0. The van der Waals surface area contributed by atoms with Crippen molar-refractivity contribution in [3.63, 3.8) is 0 Å². The topological polar surface area (TPSA) is 77.8 Å². The predicted molar refractivity (Wildman–Crippen MR) is 46.9 cm³/mol. The van der Waals surface area contributed by atoms with E-state index in [-0.39, 0.29) is 47.5 Å². The molecule has 0 heterocycles. The van der Waals surface area contributed by atoms with Crippen molar-refractivity contribution in [1.82, 2.24) is 0 Å². The van der Waals surface area contributed by atoms with Gasteiger partial charge in [0.1, 0.15) is 0 Å². The molecule has 1 aromatic carbocycles. The van der Waals surface area contributed by atoms with Crippen molar-refractivity contribution < 1.29 is 20.1 Å². The number of hydrogen-bond donors (Lipinski definition) is 3. The van der Waals surface area contributed by atoms with E-state index in [9.17, 15) is 4.79 Å². The van der Waals surface area contributed by atoms with Crippen LogP contribution >= 0.6 is 0 Å². The molecular weight excluding hydrogens is 183 g/mol. The Balaban J connectivity index is 0.00000144. The van der Waals surface area contributed by atoms with Crippen molar-refractivity contribution >= 4 is 35.5 Å². The second-order valence-corrected chi connectivity index (χ2v) is 2.39. The molecule has 5 heteroatoms. The fourth-order valence-electron chi connectivity index (χ4n) is 0.854. The normalized spacial score (nSPS) is 8.92. The molecule has 0 spiro atoms. The first-order chi connectivity index (χ1) is 5.59. The first kappa shape index (κ1) is 12.3. The summed E-state index contributed by atoms with van der Waals surface area (Å²) in [5, 5.41) is 26.2. The van der Waals surface area contributed by atoms with Gasteiger partial charge >= 0.3 is 5.97 Å². The number of carbonyl (C=O) groups is 1. The van der Waals surface area contributed by atoms with Gasteiger partial charge in [-0.15, -0.1) is 0 Å². The van der Waals surface area contributed by atoms with Gasteiger partial charge in [0.15, 0.2) is 11.5 Å². The Hall–Kier alpha value is -0.710. The van der Waals surface area contributed by atoms with Crippen LogP contribution in [0.5, 0.6) is 11.5 Å². The van der Waals surface area contributed by atoms with E-state index in [2.05, 4.69) is 0 Å². The summed E-state index contributed by atoms with van der Waals surface area (Å²) in [7, 11) is 0. The summed E-state index contributed by atoms with van der Waals surface area (Å²) in [6, 6.07) is 3.93. The van der Waals surface area contributed by atoms with Gasteiger partial charge in [-0.05, 0) is 17.7 Å². The maximum Gasteiger partial charge on any atom is 0.307 e. The fourth-order valence-corrected chi connectivity index (χ4v) is 0.854. The van der Waals surface area contributed by atoms with Gasteiger partial charge in [0.2, 0.25) is 0 Å². The molecule has 0 aromatic heterocycles. The molecule has 65 valence electrons. The summed E-state index contributed by atoms with van der Waals surface area (Å²) in [6.07, 6.45) is -0.159. The minimum absolute atomic E-state index is 0. The summed E-state index contributed by atoms with van der Waals surface area (Å²) in [5.41, 5.74) is 0.456. The molecule has 3 N–H and O–H groups in total. The van der Waals surface area contributed by atoms with Crippen LogP contribution in [0, 0.1) is 0 Å². The Morgan fingerprint density at radius 3 is 2.31 bits per heavy atom. The van der Waals surface area contributed by atoms with Crippen molar-refractivity contribution in [1.29, 1.82) is 0 Å². The van der Waals surface area contributed by atoms with Gasteiger partial charge in [0, 0.05) is 29.6 Å². The third-order valence-corrected chi connectivity index (χ3v) is 1.40. The van der Waals surface area contributed by atoms with E-state index in [1.807, 2.05) is 0 Å². The Morgan fingerprint density at radius 2 is 1.85 bits per heavy atom. The van der Waals surface area contributed by atoms with Crippen LogP contribution < -0.4 is 0 Å². The standard InChI is InChI=1S/C8H8O4.Na/c9-6-2-1-5(3-7(6)10)4-8(11)12;/h1-3,9-10H,4H2,(H,11,12);. The molecule has 13 heavy (non-hydrogen) atoms. The van der Waals surface area contributed by atoms with Gasteiger partial charge in [-0.3, -0.25) is 4.79 Å². The molecule has 0 aliphatic heterocycles. The van der Waals surface area contributed by atoms with E-state index >= 15 is 0 Å². The largest absolute Gasteiger partial charge is 0.504 e. The molecule has 0 unspecified atom stereocenters. The molecule has 1 radical (unpaired) electrons. The quantitative estimate of drug-likeness (QED) is 0.465. The third-order valence-electron chi connectivity index (χ3n) is 1.40. The predicted octanol–water partition coefficient (Wildman–Crippen LogP) is 0.344. The zero-order valence-corrected chi connectivity index (χ0v) is 9.19. The first-order valence-corrected chi connectivity index (χ1v) is 3.32. The van der Waals surface area contributed by atoms with Gasteiger partial charge in [-0.2, -0.15) is 0 Å². The summed E-state index contributed by atoms with van der Waals surface area (Å²) in [5.74, 6) is -1.52. The van der Waals surface area contributed by atoms with E-state index < -0.39 is 5.97 Å². The van der Waals surface area contributed by atoms with Gasteiger partial charge in [-0.1, -0.05) is 6.07 Å². The Kier molecular flexibility index (Phi) is 4.83. The summed E-state index contributed by atoms with van der Waals surface area (Å²) >= 11 is 0. The van der Waals surface area contributed by atoms with E-state index in [1.54, 1.807) is 0 Å². The second-order valence-electron chi connectivity index (χ2n) is 2.39. The van der Waals surface area contributed by atoms with Gasteiger partial charge in [0.05, 0.1) is 6.42 Å². The van der Waals surface area contributed by atoms with Crippen molar-refractivity contribution in [2.45, 2.75) is 6.42 Å². The molecule has 1 aromatic rings. The van der Waals surface area contributed by atoms with E-state index in [1.165, 1.54) is 18.2 Å². The average Bonchev–Trinajstić information content (AvgIpc) is 1.96. The summed E-state index contributed by atoms with van der Waals surface area (Å²) in [4.78, 5) is 10.2. The van der Waals surface area contributed by atoms with Crippen LogP contribution in [0.3, 0.4) is 0 Å². The maximum absolute atomic E-state index is 10.2. The van der Waals surface area contributed by atoms with Crippen LogP contribution in [0.4, 0.5) is 0 Å². The number of carboxylic acid groups (broad SMARTS) is 1.